The van der Waals surface area contributed by atoms with Gasteiger partial charge in [-0.2, -0.15) is 0 Å². The van der Waals surface area contributed by atoms with Gasteiger partial charge in [-0.15, -0.1) is 0 Å². The van der Waals surface area contributed by atoms with Crippen LogP contribution in [0.4, 0.5) is 5.13 Å². The molecule has 2 heterocycles. The lowest BCUT2D eigenvalue weighted by atomic mass is 10.3. The van der Waals surface area contributed by atoms with E-state index < -0.39 is 0 Å². The van der Waals surface area contributed by atoms with E-state index in [0.717, 1.165) is 16.0 Å². The molecule has 1 N–H and O–H groups in total. The van der Waals surface area contributed by atoms with Crippen molar-refractivity contribution < 1.29 is 9.53 Å². The number of amides is 1. The van der Waals surface area contributed by atoms with Gasteiger partial charge < -0.3 is 9.30 Å². The summed E-state index contributed by atoms with van der Waals surface area (Å²) in [6, 6.07) is 7.49. The van der Waals surface area contributed by atoms with Crippen LogP contribution in [0.2, 0.25) is 0 Å². The van der Waals surface area contributed by atoms with Crippen molar-refractivity contribution in [1.29, 1.82) is 0 Å². The van der Waals surface area contributed by atoms with Crippen molar-refractivity contribution >= 4 is 32.6 Å². The number of thiazole rings is 1. The SMILES string of the molecule is CCOc1ccc2nc(NC(=O)c3ccn(C)c3)sc2c1. The smallest absolute Gasteiger partial charge is 0.258 e. The van der Waals surface area contributed by atoms with Crippen molar-refractivity contribution in [2.75, 3.05) is 11.9 Å². The van der Waals surface area contributed by atoms with E-state index in [9.17, 15) is 4.79 Å². The molecule has 6 heteroatoms. The first kappa shape index (κ1) is 13.6. The monoisotopic (exact) mass is 301 g/mol. The third kappa shape index (κ3) is 2.90. The summed E-state index contributed by atoms with van der Waals surface area (Å²) in [6.45, 7) is 2.57. The fourth-order valence-electron chi connectivity index (χ4n) is 2.02. The van der Waals surface area contributed by atoms with E-state index in [-0.39, 0.29) is 5.91 Å². The second kappa shape index (κ2) is 5.57. The lowest BCUT2D eigenvalue weighted by molar-refractivity contribution is 0.102. The Balaban J connectivity index is 1.82. The molecule has 0 aliphatic heterocycles. The fraction of sp³-hybridized carbons (Fsp3) is 0.200. The minimum atomic E-state index is -0.153. The summed E-state index contributed by atoms with van der Waals surface area (Å²) in [6.07, 6.45) is 3.61. The lowest BCUT2D eigenvalue weighted by Crippen LogP contribution is -2.10. The van der Waals surface area contributed by atoms with Crippen LogP contribution in [0.25, 0.3) is 10.2 Å². The van der Waals surface area contributed by atoms with Crippen molar-refractivity contribution in [3.63, 3.8) is 0 Å². The van der Waals surface area contributed by atoms with Gasteiger partial charge in [0.05, 0.1) is 22.4 Å². The van der Waals surface area contributed by atoms with Crippen LogP contribution in [0.3, 0.4) is 0 Å². The molecule has 1 aromatic carbocycles. The Bertz CT molecular complexity index is 791. The normalized spacial score (nSPS) is 10.8. The molecule has 2 aromatic heterocycles. The maximum atomic E-state index is 12.1. The Morgan fingerprint density at radius 1 is 1.43 bits per heavy atom. The molecule has 3 rings (SSSR count). The predicted molar refractivity (Wildman–Crippen MR) is 84.2 cm³/mol. The van der Waals surface area contributed by atoms with Gasteiger partial charge in [-0.3, -0.25) is 10.1 Å². The highest BCUT2D eigenvalue weighted by molar-refractivity contribution is 7.22. The number of anilines is 1. The summed E-state index contributed by atoms with van der Waals surface area (Å²) < 4.78 is 8.29. The van der Waals surface area contributed by atoms with Crippen LogP contribution >= 0.6 is 11.3 Å². The molecule has 0 bridgehead atoms. The van der Waals surface area contributed by atoms with Crippen molar-refractivity contribution in [2.45, 2.75) is 6.92 Å². The van der Waals surface area contributed by atoms with Crippen LogP contribution in [-0.4, -0.2) is 22.1 Å². The molecule has 0 spiro atoms. The number of hydrogen-bond acceptors (Lipinski definition) is 4. The van der Waals surface area contributed by atoms with E-state index in [2.05, 4.69) is 10.3 Å². The van der Waals surface area contributed by atoms with Crippen molar-refractivity contribution in [2.24, 2.45) is 7.05 Å². The van der Waals surface area contributed by atoms with Crippen LogP contribution in [0.1, 0.15) is 17.3 Å². The Morgan fingerprint density at radius 3 is 3.00 bits per heavy atom. The highest BCUT2D eigenvalue weighted by Crippen LogP contribution is 2.29. The Morgan fingerprint density at radius 2 is 2.29 bits per heavy atom. The molecule has 0 saturated carbocycles. The van der Waals surface area contributed by atoms with Gasteiger partial charge in [-0.05, 0) is 31.2 Å². The number of carbonyl (C=O) groups excluding carboxylic acids is 1. The van der Waals surface area contributed by atoms with Crippen LogP contribution in [-0.2, 0) is 7.05 Å². The number of hydrogen-bond donors (Lipinski definition) is 1. The number of carbonyl (C=O) groups is 1. The zero-order valence-electron chi connectivity index (χ0n) is 11.8. The number of nitrogens with one attached hydrogen (secondary N) is 1. The number of aryl methyl sites for hydroxylation is 1. The van der Waals surface area contributed by atoms with Crippen LogP contribution < -0.4 is 10.1 Å². The van der Waals surface area contributed by atoms with Gasteiger partial charge in [0.1, 0.15) is 5.75 Å². The molecule has 0 aliphatic rings. The number of benzene rings is 1. The summed E-state index contributed by atoms with van der Waals surface area (Å²) in [5, 5.41) is 3.42. The molecule has 0 saturated heterocycles. The highest BCUT2D eigenvalue weighted by Gasteiger charge is 2.11. The quantitative estimate of drug-likeness (QED) is 0.804. The number of rotatable bonds is 4. The van der Waals surface area contributed by atoms with Gasteiger partial charge in [0.25, 0.3) is 5.91 Å². The van der Waals surface area contributed by atoms with Gasteiger partial charge in [-0.25, -0.2) is 4.98 Å². The Hall–Kier alpha value is -2.34. The zero-order chi connectivity index (χ0) is 14.8. The molecule has 0 atom stereocenters. The van der Waals surface area contributed by atoms with E-state index in [1.165, 1.54) is 11.3 Å². The molecule has 108 valence electrons. The number of ether oxygens (including phenoxy) is 1. The molecule has 0 radical (unpaired) electrons. The minimum absolute atomic E-state index is 0.153. The van der Waals surface area contributed by atoms with Gasteiger partial charge in [0.2, 0.25) is 0 Å². The molecule has 3 aromatic rings. The fourth-order valence-corrected chi connectivity index (χ4v) is 2.91. The topological polar surface area (TPSA) is 56.1 Å². The maximum Gasteiger partial charge on any atom is 0.258 e. The summed E-state index contributed by atoms with van der Waals surface area (Å²) in [5.41, 5.74) is 1.47. The third-order valence-electron chi connectivity index (χ3n) is 2.99. The van der Waals surface area contributed by atoms with Crippen molar-refractivity contribution in [3.8, 4) is 5.75 Å². The zero-order valence-corrected chi connectivity index (χ0v) is 12.6. The van der Waals surface area contributed by atoms with Gasteiger partial charge in [0.15, 0.2) is 5.13 Å². The van der Waals surface area contributed by atoms with Gasteiger partial charge >= 0.3 is 0 Å². The second-order valence-corrected chi connectivity index (χ2v) is 5.63. The third-order valence-corrected chi connectivity index (χ3v) is 3.92. The summed E-state index contributed by atoms with van der Waals surface area (Å²) in [4.78, 5) is 16.5. The summed E-state index contributed by atoms with van der Waals surface area (Å²) in [7, 11) is 1.88. The first-order chi connectivity index (χ1) is 10.2. The van der Waals surface area contributed by atoms with Crippen molar-refractivity contribution in [1.82, 2.24) is 9.55 Å². The number of nitrogens with zero attached hydrogens (tertiary/aromatic N) is 2. The molecule has 0 fully saturated rings. The van der Waals surface area contributed by atoms with E-state index >= 15 is 0 Å². The largest absolute Gasteiger partial charge is 0.494 e. The average molecular weight is 301 g/mol. The first-order valence-corrected chi connectivity index (χ1v) is 7.44. The standard InChI is InChI=1S/C15H15N3O2S/c1-3-20-11-4-5-12-13(8-11)21-15(16-12)17-14(19)10-6-7-18(2)9-10/h4-9H,3H2,1-2H3,(H,16,17,19). The molecule has 1 amide bonds. The average Bonchev–Trinajstić information content (AvgIpc) is 3.04. The van der Waals surface area contributed by atoms with Crippen LogP contribution in [0, 0.1) is 0 Å². The van der Waals surface area contributed by atoms with E-state index in [0.29, 0.717) is 17.3 Å². The second-order valence-electron chi connectivity index (χ2n) is 4.60. The number of aromatic nitrogens is 2. The summed E-state index contributed by atoms with van der Waals surface area (Å²) in [5.74, 6) is 0.661. The molecule has 21 heavy (non-hydrogen) atoms. The van der Waals surface area contributed by atoms with E-state index in [1.54, 1.807) is 12.3 Å². The Labute approximate surface area is 126 Å². The van der Waals surface area contributed by atoms with Crippen LogP contribution in [0.5, 0.6) is 5.75 Å². The minimum Gasteiger partial charge on any atom is -0.494 e. The molecule has 0 aliphatic carbocycles. The van der Waals surface area contributed by atoms with Crippen molar-refractivity contribution in [3.05, 3.63) is 42.2 Å². The van der Waals surface area contributed by atoms with Gasteiger partial charge in [0, 0.05) is 19.4 Å². The summed E-state index contributed by atoms with van der Waals surface area (Å²) >= 11 is 1.44. The number of fused-ring (bicyclic) bond motifs is 1. The Kier molecular flexibility index (Phi) is 3.62. The maximum absolute atomic E-state index is 12.1. The molecular formula is C15H15N3O2S. The van der Waals surface area contributed by atoms with E-state index in [1.807, 2.05) is 42.9 Å². The molecular weight excluding hydrogens is 286 g/mol. The first-order valence-electron chi connectivity index (χ1n) is 6.62. The van der Waals surface area contributed by atoms with Crippen LogP contribution in [0.15, 0.2) is 36.7 Å². The molecule has 0 unspecified atom stereocenters. The van der Waals surface area contributed by atoms with E-state index in [4.69, 9.17) is 4.74 Å². The predicted octanol–water partition coefficient (Wildman–Crippen LogP) is 3.29. The highest BCUT2D eigenvalue weighted by atomic mass is 32.1. The van der Waals surface area contributed by atoms with Gasteiger partial charge in [-0.1, -0.05) is 11.3 Å². The molecule has 5 nitrogen and oxygen atoms in total. The lowest BCUT2D eigenvalue weighted by Gasteiger charge is -2.00.